The molecule has 1 N–H and O–H groups in total. The van der Waals surface area contributed by atoms with Crippen LogP contribution in [0, 0.1) is 10.1 Å². The molecule has 1 heterocycles. The Balaban J connectivity index is 1.74. The summed E-state index contributed by atoms with van der Waals surface area (Å²) in [7, 11) is 0. The normalized spacial score (nSPS) is 10.4. The molecule has 0 saturated carbocycles. The molecule has 0 aliphatic heterocycles. The number of aromatic nitrogens is 3. The van der Waals surface area contributed by atoms with Crippen molar-refractivity contribution in [1.29, 1.82) is 0 Å². The van der Waals surface area contributed by atoms with Gasteiger partial charge in [0.15, 0.2) is 5.69 Å². The van der Waals surface area contributed by atoms with E-state index in [9.17, 15) is 14.9 Å². The van der Waals surface area contributed by atoms with Gasteiger partial charge < -0.3 is 9.47 Å². The van der Waals surface area contributed by atoms with Gasteiger partial charge in [0.1, 0.15) is 18.1 Å². The number of hydrogen-bond donors (Lipinski definition) is 1. The number of ether oxygens (including phenoxy) is 2. The molecule has 3 rings (SSSR count). The van der Waals surface area contributed by atoms with Crippen molar-refractivity contribution >= 4 is 11.7 Å². The van der Waals surface area contributed by atoms with Gasteiger partial charge in [0.05, 0.1) is 11.5 Å². The Labute approximate surface area is 154 Å². The lowest BCUT2D eigenvalue weighted by Crippen LogP contribution is -2.06. The minimum Gasteiger partial charge on any atom is -0.489 e. The Morgan fingerprint density at radius 3 is 2.67 bits per heavy atom. The van der Waals surface area contributed by atoms with Crippen LogP contribution < -0.4 is 4.74 Å². The number of benzene rings is 2. The average molecular weight is 368 g/mol. The Morgan fingerprint density at radius 1 is 1.19 bits per heavy atom. The van der Waals surface area contributed by atoms with Crippen molar-refractivity contribution in [2.24, 2.45) is 0 Å². The zero-order chi connectivity index (χ0) is 19.2. The first kappa shape index (κ1) is 18.1. The van der Waals surface area contributed by atoms with Crippen LogP contribution in [0.5, 0.6) is 5.75 Å². The molecule has 27 heavy (non-hydrogen) atoms. The van der Waals surface area contributed by atoms with Gasteiger partial charge in [-0.15, -0.1) is 5.10 Å². The van der Waals surface area contributed by atoms with E-state index < -0.39 is 10.9 Å². The van der Waals surface area contributed by atoms with Gasteiger partial charge in [0.25, 0.3) is 5.69 Å². The number of H-pyrrole nitrogens is 1. The lowest BCUT2D eigenvalue weighted by molar-refractivity contribution is -0.384. The van der Waals surface area contributed by atoms with Gasteiger partial charge in [0, 0.05) is 17.7 Å². The molecule has 0 aliphatic rings. The summed E-state index contributed by atoms with van der Waals surface area (Å²) in [6.45, 7) is 2.19. The monoisotopic (exact) mass is 368 g/mol. The van der Waals surface area contributed by atoms with Crippen LogP contribution in [-0.4, -0.2) is 32.9 Å². The largest absolute Gasteiger partial charge is 0.489 e. The molecule has 2 aromatic carbocycles. The van der Waals surface area contributed by atoms with Crippen LogP contribution in [0.3, 0.4) is 0 Å². The van der Waals surface area contributed by atoms with Gasteiger partial charge in [0.2, 0.25) is 0 Å². The number of nitrogens with one attached hydrogen (secondary N) is 1. The van der Waals surface area contributed by atoms with Crippen molar-refractivity contribution in [3.63, 3.8) is 0 Å². The molecule has 9 nitrogen and oxygen atoms in total. The molecule has 9 heteroatoms. The van der Waals surface area contributed by atoms with Crippen molar-refractivity contribution in [2.75, 3.05) is 6.61 Å². The summed E-state index contributed by atoms with van der Waals surface area (Å²) in [6.07, 6.45) is 0. The van der Waals surface area contributed by atoms with E-state index in [2.05, 4.69) is 15.4 Å². The fourth-order valence-electron chi connectivity index (χ4n) is 2.39. The van der Waals surface area contributed by atoms with Crippen molar-refractivity contribution in [3.05, 3.63) is 69.9 Å². The van der Waals surface area contributed by atoms with E-state index in [0.717, 1.165) is 5.56 Å². The molecule has 0 aliphatic carbocycles. The van der Waals surface area contributed by atoms with Crippen LogP contribution >= 0.6 is 0 Å². The highest BCUT2D eigenvalue weighted by atomic mass is 16.6. The Kier molecular flexibility index (Phi) is 5.41. The van der Waals surface area contributed by atoms with Gasteiger partial charge in [-0.3, -0.25) is 10.1 Å². The van der Waals surface area contributed by atoms with E-state index in [-0.39, 0.29) is 24.6 Å². The summed E-state index contributed by atoms with van der Waals surface area (Å²) in [6, 6.07) is 13.2. The minimum absolute atomic E-state index is 0.0262. The average Bonchev–Trinajstić information content (AvgIpc) is 3.17. The van der Waals surface area contributed by atoms with Crippen LogP contribution in [0.1, 0.15) is 23.0 Å². The van der Waals surface area contributed by atoms with Crippen LogP contribution in [0.25, 0.3) is 11.3 Å². The molecule has 0 spiro atoms. The van der Waals surface area contributed by atoms with Gasteiger partial charge in [-0.25, -0.2) is 4.79 Å². The zero-order valence-corrected chi connectivity index (χ0v) is 14.4. The van der Waals surface area contributed by atoms with Crippen molar-refractivity contribution in [3.8, 4) is 17.0 Å². The van der Waals surface area contributed by atoms with E-state index in [1.165, 1.54) is 12.1 Å². The first-order valence-corrected chi connectivity index (χ1v) is 8.13. The summed E-state index contributed by atoms with van der Waals surface area (Å²) >= 11 is 0. The second kappa shape index (κ2) is 8.09. The standard InChI is InChI=1S/C18H16N4O5/c1-2-26-18(23)17-16(19-21-20-17)13-4-3-5-15(10-13)27-11-12-6-8-14(9-7-12)22(24)25/h3-10H,2,11H2,1H3,(H,19,20,21). The first-order chi connectivity index (χ1) is 13.1. The smallest absolute Gasteiger partial charge is 0.361 e. The quantitative estimate of drug-likeness (QED) is 0.386. The molecule has 3 aromatic rings. The van der Waals surface area contributed by atoms with Crippen LogP contribution in [-0.2, 0) is 11.3 Å². The van der Waals surface area contributed by atoms with Crippen LogP contribution in [0.2, 0.25) is 0 Å². The second-order valence-corrected chi connectivity index (χ2v) is 5.48. The number of hydrogen-bond acceptors (Lipinski definition) is 7. The number of esters is 1. The number of carbonyl (C=O) groups is 1. The third-order valence-corrected chi connectivity index (χ3v) is 3.68. The third-order valence-electron chi connectivity index (χ3n) is 3.68. The number of nitrogens with zero attached hydrogens (tertiary/aromatic N) is 3. The summed E-state index contributed by atoms with van der Waals surface area (Å²) < 4.78 is 10.7. The van der Waals surface area contributed by atoms with E-state index in [1.807, 2.05) is 0 Å². The molecule has 0 bridgehead atoms. The molecule has 0 fully saturated rings. The minimum atomic E-state index is -0.557. The van der Waals surface area contributed by atoms with E-state index in [1.54, 1.807) is 43.3 Å². The van der Waals surface area contributed by atoms with Crippen molar-refractivity contribution < 1.29 is 19.2 Å². The van der Waals surface area contributed by atoms with Crippen molar-refractivity contribution in [1.82, 2.24) is 15.4 Å². The Morgan fingerprint density at radius 2 is 1.96 bits per heavy atom. The molecule has 0 radical (unpaired) electrons. The van der Waals surface area contributed by atoms with E-state index in [0.29, 0.717) is 17.0 Å². The summed E-state index contributed by atoms with van der Waals surface area (Å²) in [5.41, 5.74) is 1.93. The number of carbonyl (C=O) groups excluding carboxylic acids is 1. The number of non-ortho nitro benzene ring substituents is 1. The highest BCUT2D eigenvalue weighted by Crippen LogP contribution is 2.25. The topological polar surface area (TPSA) is 120 Å². The molecule has 0 amide bonds. The van der Waals surface area contributed by atoms with E-state index >= 15 is 0 Å². The zero-order valence-electron chi connectivity index (χ0n) is 14.4. The fraction of sp³-hybridized carbons (Fsp3) is 0.167. The van der Waals surface area contributed by atoms with Gasteiger partial charge in [-0.2, -0.15) is 10.3 Å². The fourth-order valence-corrected chi connectivity index (χ4v) is 2.39. The summed E-state index contributed by atoms with van der Waals surface area (Å²) in [5, 5.41) is 21.0. The van der Waals surface area contributed by atoms with Gasteiger partial charge in [-0.05, 0) is 36.8 Å². The van der Waals surface area contributed by atoms with E-state index in [4.69, 9.17) is 9.47 Å². The van der Waals surface area contributed by atoms with Crippen LogP contribution in [0.4, 0.5) is 5.69 Å². The molecule has 1 aromatic heterocycles. The SMILES string of the molecule is CCOC(=O)c1n[nH]nc1-c1cccc(OCc2ccc([N+](=O)[O-])cc2)c1. The maximum Gasteiger partial charge on any atom is 0.361 e. The maximum absolute atomic E-state index is 11.9. The number of aromatic amines is 1. The summed E-state index contributed by atoms with van der Waals surface area (Å²) in [5.74, 6) is 0.00196. The van der Waals surface area contributed by atoms with Crippen molar-refractivity contribution in [2.45, 2.75) is 13.5 Å². The number of nitro benzene ring substituents is 1. The lowest BCUT2D eigenvalue weighted by atomic mass is 10.1. The lowest BCUT2D eigenvalue weighted by Gasteiger charge is -2.08. The molecular formula is C18H16N4O5. The predicted octanol–water partition coefficient (Wildman–Crippen LogP) is 3.14. The first-order valence-electron chi connectivity index (χ1n) is 8.13. The molecule has 0 atom stereocenters. The molecule has 0 saturated heterocycles. The Bertz CT molecular complexity index is 952. The second-order valence-electron chi connectivity index (χ2n) is 5.48. The molecule has 138 valence electrons. The molecular weight excluding hydrogens is 352 g/mol. The predicted molar refractivity (Wildman–Crippen MR) is 95.2 cm³/mol. The van der Waals surface area contributed by atoms with Gasteiger partial charge >= 0.3 is 5.97 Å². The third kappa shape index (κ3) is 4.27. The summed E-state index contributed by atoms with van der Waals surface area (Å²) in [4.78, 5) is 22.2. The highest BCUT2D eigenvalue weighted by Gasteiger charge is 2.19. The van der Waals surface area contributed by atoms with Crippen LogP contribution in [0.15, 0.2) is 48.5 Å². The highest BCUT2D eigenvalue weighted by molar-refractivity contribution is 5.93. The number of nitro groups is 1. The maximum atomic E-state index is 11.9. The molecule has 0 unspecified atom stereocenters. The van der Waals surface area contributed by atoms with Gasteiger partial charge in [-0.1, -0.05) is 12.1 Å². The number of rotatable bonds is 7. The Hall–Kier alpha value is -3.75.